The Balaban J connectivity index is 1.48. The quantitative estimate of drug-likeness (QED) is 0.720. The molecule has 1 aromatic carbocycles. The molecule has 134 valence electrons. The predicted octanol–water partition coefficient (Wildman–Crippen LogP) is 2.31. The molecule has 0 atom stereocenters. The van der Waals surface area contributed by atoms with E-state index in [1.165, 1.54) is 0 Å². The summed E-state index contributed by atoms with van der Waals surface area (Å²) in [6, 6.07) is 10.2. The standard InChI is InChI=1S/C19H22N6O/c1-15-12-22-25(13-15)19-11-18(20-14-21-19)24-9-7-23(8-10-24)16-5-3-4-6-17(16)26-2/h3-6,11-14H,7-10H2,1-2H3. The second kappa shape index (κ2) is 7.03. The molecule has 7 heteroatoms. The fraction of sp³-hybridized carbons (Fsp3) is 0.316. The molecule has 0 unspecified atom stereocenters. The summed E-state index contributed by atoms with van der Waals surface area (Å²) in [5.74, 6) is 2.64. The molecule has 0 bridgehead atoms. The number of piperazine rings is 1. The fourth-order valence-corrected chi connectivity index (χ4v) is 3.24. The van der Waals surface area contributed by atoms with Crippen LogP contribution in [0.25, 0.3) is 5.82 Å². The lowest BCUT2D eigenvalue weighted by molar-refractivity contribution is 0.413. The van der Waals surface area contributed by atoms with Crippen molar-refractivity contribution in [3.8, 4) is 11.6 Å². The van der Waals surface area contributed by atoms with Crippen LogP contribution in [0.3, 0.4) is 0 Å². The number of nitrogens with zero attached hydrogens (tertiary/aromatic N) is 6. The molecule has 0 amide bonds. The van der Waals surface area contributed by atoms with E-state index in [1.807, 2.05) is 43.6 Å². The van der Waals surface area contributed by atoms with Gasteiger partial charge in [0.1, 0.15) is 17.9 Å². The summed E-state index contributed by atoms with van der Waals surface area (Å²) in [4.78, 5) is 13.4. The van der Waals surface area contributed by atoms with Crippen LogP contribution in [0.2, 0.25) is 0 Å². The molecule has 3 heterocycles. The van der Waals surface area contributed by atoms with Gasteiger partial charge in [0, 0.05) is 38.4 Å². The Labute approximate surface area is 152 Å². The van der Waals surface area contributed by atoms with Gasteiger partial charge in [0.15, 0.2) is 5.82 Å². The maximum atomic E-state index is 5.49. The van der Waals surface area contributed by atoms with Gasteiger partial charge in [0.2, 0.25) is 0 Å². The van der Waals surface area contributed by atoms with Crippen LogP contribution in [0.1, 0.15) is 5.56 Å². The van der Waals surface area contributed by atoms with Crippen molar-refractivity contribution >= 4 is 11.5 Å². The van der Waals surface area contributed by atoms with E-state index in [1.54, 1.807) is 18.1 Å². The Morgan fingerprint density at radius 3 is 2.42 bits per heavy atom. The van der Waals surface area contributed by atoms with Crippen molar-refractivity contribution in [3.63, 3.8) is 0 Å². The zero-order valence-electron chi connectivity index (χ0n) is 15.0. The summed E-state index contributed by atoms with van der Waals surface area (Å²) in [5, 5.41) is 4.33. The first kappa shape index (κ1) is 16.4. The van der Waals surface area contributed by atoms with Crippen molar-refractivity contribution in [1.82, 2.24) is 19.7 Å². The summed E-state index contributed by atoms with van der Waals surface area (Å²) in [6.07, 6.45) is 5.40. The molecule has 4 rings (SSSR count). The second-order valence-electron chi connectivity index (χ2n) is 6.34. The van der Waals surface area contributed by atoms with Crippen LogP contribution in [-0.4, -0.2) is 53.0 Å². The molecule has 7 nitrogen and oxygen atoms in total. The minimum atomic E-state index is 0.787. The SMILES string of the molecule is COc1ccccc1N1CCN(c2cc(-n3cc(C)cn3)ncn2)CC1. The number of ether oxygens (including phenoxy) is 1. The largest absolute Gasteiger partial charge is 0.495 e. The van der Waals surface area contributed by atoms with E-state index in [0.717, 1.165) is 54.8 Å². The third-order valence-electron chi connectivity index (χ3n) is 4.61. The van der Waals surface area contributed by atoms with E-state index in [4.69, 9.17) is 4.74 Å². The normalized spacial score (nSPS) is 14.5. The van der Waals surface area contributed by atoms with E-state index in [2.05, 4.69) is 30.9 Å². The lowest BCUT2D eigenvalue weighted by Gasteiger charge is -2.37. The highest BCUT2D eigenvalue weighted by Crippen LogP contribution is 2.29. The molecule has 0 spiro atoms. The monoisotopic (exact) mass is 350 g/mol. The number of para-hydroxylation sites is 2. The summed E-state index contributed by atoms with van der Waals surface area (Å²) in [6.45, 7) is 5.64. The number of methoxy groups -OCH3 is 1. The Hall–Kier alpha value is -3.09. The molecule has 2 aromatic heterocycles. The molecular formula is C19H22N6O. The lowest BCUT2D eigenvalue weighted by atomic mass is 10.2. The zero-order valence-corrected chi connectivity index (χ0v) is 15.0. The molecule has 0 radical (unpaired) electrons. The average molecular weight is 350 g/mol. The van der Waals surface area contributed by atoms with Crippen molar-refractivity contribution < 1.29 is 4.74 Å². The van der Waals surface area contributed by atoms with Crippen molar-refractivity contribution in [2.75, 3.05) is 43.1 Å². The van der Waals surface area contributed by atoms with Gasteiger partial charge in [-0.15, -0.1) is 0 Å². The minimum absolute atomic E-state index is 0.787. The van der Waals surface area contributed by atoms with Crippen LogP contribution in [0.5, 0.6) is 5.75 Å². The molecule has 0 N–H and O–H groups in total. The topological polar surface area (TPSA) is 59.3 Å². The molecule has 26 heavy (non-hydrogen) atoms. The second-order valence-corrected chi connectivity index (χ2v) is 6.34. The van der Waals surface area contributed by atoms with Gasteiger partial charge >= 0.3 is 0 Å². The molecule has 0 aliphatic carbocycles. The lowest BCUT2D eigenvalue weighted by Crippen LogP contribution is -2.47. The number of aryl methyl sites for hydroxylation is 1. The molecule has 1 aliphatic heterocycles. The number of rotatable bonds is 4. The van der Waals surface area contributed by atoms with Crippen LogP contribution in [-0.2, 0) is 0 Å². The summed E-state index contributed by atoms with van der Waals surface area (Å²) in [7, 11) is 1.72. The average Bonchev–Trinajstić information content (AvgIpc) is 3.14. The van der Waals surface area contributed by atoms with Crippen molar-refractivity contribution in [3.05, 3.63) is 54.6 Å². The van der Waals surface area contributed by atoms with Gasteiger partial charge in [-0.2, -0.15) is 5.10 Å². The van der Waals surface area contributed by atoms with Gasteiger partial charge < -0.3 is 14.5 Å². The van der Waals surface area contributed by atoms with Gasteiger partial charge in [-0.3, -0.25) is 0 Å². The van der Waals surface area contributed by atoms with E-state index in [-0.39, 0.29) is 0 Å². The first-order valence-electron chi connectivity index (χ1n) is 8.71. The molecule has 0 saturated carbocycles. The number of hydrogen-bond acceptors (Lipinski definition) is 6. The first-order chi connectivity index (χ1) is 12.7. The van der Waals surface area contributed by atoms with E-state index in [9.17, 15) is 0 Å². The minimum Gasteiger partial charge on any atom is -0.495 e. The Morgan fingerprint density at radius 1 is 0.962 bits per heavy atom. The maximum absolute atomic E-state index is 5.49. The van der Waals surface area contributed by atoms with Crippen LogP contribution < -0.4 is 14.5 Å². The number of aromatic nitrogens is 4. The van der Waals surface area contributed by atoms with Crippen molar-refractivity contribution in [2.24, 2.45) is 0 Å². The van der Waals surface area contributed by atoms with Gasteiger partial charge in [-0.25, -0.2) is 14.6 Å². The maximum Gasteiger partial charge on any atom is 0.158 e. The molecule has 1 fully saturated rings. The molecule has 3 aromatic rings. The van der Waals surface area contributed by atoms with Crippen LogP contribution in [0, 0.1) is 6.92 Å². The first-order valence-corrected chi connectivity index (χ1v) is 8.71. The van der Waals surface area contributed by atoms with Crippen molar-refractivity contribution in [2.45, 2.75) is 6.92 Å². The fourth-order valence-electron chi connectivity index (χ4n) is 3.24. The predicted molar refractivity (Wildman–Crippen MR) is 101 cm³/mol. The van der Waals surface area contributed by atoms with Gasteiger partial charge in [-0.1, -0.05) is 12.1 Å². The highest BCUT2D eigenvalue weighted by molar-refractivity contribution is 5.59. The molecule has 1 saturated heterocycles. The molecular weight excluding hydrogens is 328 g/mol. The highest BCUT2D eigenvalue weighted by Gasteiger charge is 2.21. The molecule has 1 aliphatic rings. The van der Waals surface area contributed by atoms with Crippen molar-refractivity contribution in [1.29, 1.82) is 0 Å². The van der Waals surface area contributed by atoms with E-state index < -0.39 is 0 Å². The van der Waals surface area contributed by atoms with E-state index in [0.29, 0.717) is 0 Å². The Bertz CT molecular complexity index is 885. The van der Waals surface area contributed by atoms with Gasteiger partial charge in [0.25, 0.3) is 0 Å². The Morgan fingerprint density at radius 2 is 1.69 bits per heavy atom. The number of benzene rings is 1. The van der Waals surface area contributed by atoms with Crippen LogP contribution in [0.15, 0.2) is 49.1 Å². The van der Waals surface area contributed by atoms with Crippen LogP contribution in [0.4, 0.5) is 11.5 Å². The van der Waals surface area contributed by atoms with Gasteiger partial charge in [-0.05, 0) is 24.6 Å². The smallest absolute Gasteiger partial charge is 0.158 e. The number of hydrogen-bond donors (Lipinski definition) is 0. The number of anilines is 2. The summed E-state index contributed by atoms with van der Waals surface area (Å²) in [5.41, 5.74) is 2.25. The van der Waals surface area contributed by atoms with E-state index >= 15 is 0 Å². The van der Waals surface area contributed by atoms with Gasteiger partial charge in [0.05, 0.1) is 19.0 Å². The zero-order chi connectivity index (χ0) is 17.9. The summed E-state index contributed by atoms with van der Waals surface area (Å²) >= 11 is 0. The third-order valence-corrected chi connectivity index (χ3v) is 4.61. The Kier molecular flexibility index (Phi) is 4.43. The highest BCUT2D eigenvalue weighted by atomic mass is 16.5. The third kappa shape index (κ3) is 3.20. The summed E-state index contributed by atoms with van der Waals surface area (Å²) < 4.78 is 7.27. The van der Waals surface area contributed by atoms with Crippen LogP contribution >= 0.6 is 0 Å².